The molecule has 0 fully saturated rings. The quantitative estimate of drug-likeness (QED) is 0.0737. The van der Waals surface area contributed by atoms with Gasteiger partial charge in [-0.1, -0.05) is 0 Å². The molecule has 0 radical (unpaired) electrons. The fraction of sp³-hybridized carbons (Fsp3) is 0.643. The molecule has 0 heterocycles. The Morgan fingerprint density at radius 3 is 0.771 bits per heavy atom. The average molecular weight is 579 g/mol. The van der Waals surface area contributed by atoms with Crippen molar-refractivity contribution in [2.24, 2.45) is 0 Å². The number of aliphatic carboxylic acids is 5. The molecule has 0 saturated carbocycles. The summed E-state index contributed by atoms with van der Waals surface area (Å²) in [6, 6.07) is 0. The van der Waals surface area contributed by atoms with Crippen LogP contribution in [0.4, 0.5) is 0 Å². The van der Waals surface area contributed by atoms with E-state index >= 15 is 0 Å². The van der Waals surface area contributed by atoms with Gasteiger partial charge in [0, 0.05) is 26.2 Å². The second kappa shape index (κ2) is 34.4. The fourth-order valence-corrected chi connectivity index (χ4v) is 2.22. The van der Waals surface area contributed by atoms with Crippen molar-refractivity contribution in [2.45, 2.75) is 0 Å². The van der Waals surface area contributed by atoms with Crippen LogP contribution in [0.25, 0.3) is 0 Å². The predicted octanol–water partition coefficient (Wildman–Crippen LogP) is -6.28. The number of rotatable bonds is 16. The molecule has 35 heavy (non-hydrogen) atoms. The van der Waals surface area contributed by atoms with Crippen LogP contribution in [0.15, 0.2) is 0 Å². The van der Waals surface area contributed by atoms with Crippen LogP contribution in [-0.2, 0) is 28.5 Å². The first-order valence-electron chi connectivity index (χ1n) is 8.25. The zero-order valence-electron chi connectivity index (χ0n) is 15.9. The van der Waals surface area contributed by atoms with Gasteiger partial charge >= 0.3 is 178 Å². The third-order valence-corrected chi connectivity index (χ3v) is 3.26. The zero-order chi connectivity index (χ0) is 23.7. The molecular weight excluding hydrogens is 548 g/mol. The van der Waals surface area contributed by atoms with Crippen LogP contribution in [0.5, 0.6) is 0 Å². The Kier molecular flexibility index (Phi) is 52.8. The molecule has 0 amide bonds. The van der Waals surface area contributed by atoms with Gasteiger partial charge in [0.1, 0.15) is 0 Å². The van der Waals surface area contributed by atoms with E-state index in [9.17, 15) is 24.0 Å². The van der Waals surface area contributed by atoms with Gasteiger partial charge in [0.2, 0.25) is 0 Å². The number of carbonyl (C=O) groups is 5. The van der Waals surface area contributed by atoms with Crippen molar-refractivity contribution in [3.63, 3.8) is 0 Å². The summed E-state index contributed by atoms with van der Waals surface area (Å²) in [7, 11) is -1.50. The molecule has 0 aliphatic rings. The van der Waals surface area contributed by atoms with Crippen molar-refractivity contribution in [3.05, 3.63) is 0 Å². The van der Waals surface area contributed by atoms with Gasteiger partial charge in [-0.15, -0.1) is 0 Å². The molecule has 0 aromatic heterocycles. The van der Waals surface area contributed by atoms with E-state index in [1.54, 1.807) is 0 Å². The molecular formula is C14H31N3Na5O12P. The van der Waals surface area contributed by atoms with E-state index < -0.39 is 71.3 Å². The SMILES string of the molecule is O=C(O)CN(CCN(CC(=O)O)CC(=O)O)CCN(CC(=O)O)CC(=O)O.O=[PH2]O.[NaH].[NaH].[NaH].[NaH].[NaH]. The van der Waals surface area contributed by atoms with E-state index in [1.165, 1.54) is 4.90 Å². The summed E-state index contributed by atoms with van der Waals surface area (Å²) in [4.78, 5) is 64.7. The number of nitrogens with zero attached hydrogens (tertiary/aromatic N) is 3. The van der Waals surface area contributed by atoms with Gasteiger partial charge in [-0.2, -0.15) is 0 Å². The molecule has 184 valence electrons. The molecule has 1 atom stereocenters. The van der Waals surface area contributed by atoms with Crippen molar-refractivity contribution in [1.82, 2.24) is 14.7 Å². The molecule has 0 aliphatic carbocycles. The summed E-state index contributed by atoms with van der Waals surface area (Å²) in [6.45, 7) is -2.74. The second-order valence-corrected chi connectivity index (χ2v) is 5.98. The Labute approximate surface area is 314 Å². The Morgan fingerprint density at radius 2 is 0.600 bits per heavy atom. The van der Waals surface area contributed by atoms with Crippen LogP contribution in [-0.4, -0.2) is 282 Å². The molecule has 21 heteroatoms. The first kappa shape index (κ1) is 53.6. The summed E-state index contributed by atoms with van der Waals surface area (Å²) < 4.78 is 8.57. The maximum atomic E-state index is 11.0. The third-order valence-electron chi connectivity index (χ3n) is 3.26. The fourth-order valence-electron chi connectivity index (χ4n) is 2.22. The molecule has 0 aliphatic heterocycles. The number of hydrogen-bond donors (Lipinski definition) is 6. The van der Waals surface area contributed by atoms with Crippen molar-refractivity contribution in [1.29, 1.82) is 0 Å². The topological polar surface area (TPSA) is 234 Å². The normalized spacial score (nSPS) is 9.37. The van der Waals surface area contributed by atoms with Crippen molar-refractivity contribution < 1.29 is 59.0 Å². The van der Waals surface area contributed by atoms with Crippen LogP contribution >= 0.6 is 8.69 Å². The van der Waals surface area contributed by atoms with Gasteiger partial charge in [-0.25, -0.2) is 0 Å². The van der Waals surface area contributed by atoms with Gasteiger partial charge in [0.25, 0.3) is 0 Å². The van der Waals surface area contributed by atoms with Crippen LogP contribution < -0.4 is 0 Å². The summed E-state index contributed by atoms with van der Waals surface area (Å²) in [5.41, 5.74) is 0. The number of carboxylic acid groups (broad SMARTS) is 5. The Hall–Kier alpha value is 2.42. The van der Waals surface area contributed by atoms with E-state index in [1.807, 2.05) is 0 Å². The molecule has 0 rings (SSSR count). The predicted molar refractivity (Wildman–Crippen MR) is 136 cm³/mol. The van der Waals surface area contributed by atoms with Gasteiger partial charge in [0.05, 0.1) is 32.7 Å². The summed E-state index contributed by atoms with van der Waals surface area (Å²) in [5, 5.41) is 44.1. The third kappa shape index (κ3) is 41.1. The van der Waals surface area contributed by atoms with E-state index in [0.29, 0.717) is 0 Å². The minimum absolute atomic E-state index is 0. The molecule has 1 unspecified atom stereocenters. The summed E-state index contributed by atoms with van der Waals surface area (Å²) >= 11 is 0. The van der Waals surface area contributed by atoms with Crippen LogP contribution in [0.3, 0.4) is 0 Å². The molecule has 0 aromatic carbocycles. The molecule has 0 saturated heterocycles. The summed E-state index contributed by atoms with van der Waals surface area (Å²) in [5.74, 6) is -6.16. The standard InChI is InChI=1S/C14H23N3O10.5Na.H3O2P.5H/c18-10(19)5-15(1-3-16(6-11(20)21)7-12(22)23)2-4-17(8-13(24)25)9-14(26)27;;;;;;1-3-2;;;;;/h1-9H2,(H,18,19)(H,20,21)(H,22,23)(H,24,25)(H,26,27);;;;;;3H2,(H,1,2);;;;;. The van der Waals surface area contributed by atoms with Gasteiger partial charge in [-0.05, 0) is 0 Å². The Bertz CT molecular complexity index is 551. The van der Waals surface area contributed by atoms with Crippen LogP contribution in [0.2, 0.25) is 0 Å². The van der Waals surface area contributed by atoms with Gasteiger partial charge < -0.3 is 30.4 Å². The number of carboxylic acids is 5. The molecule has 15 nitrogen and oxygen atoms in total. The number of hydrogen-bond acceptors (Lipinski definition) is 9. The minimum atomic E-state index is -1.50. The van der Waals surface area contributed by atoms with E-state index in [-0.39, 0.29) is 174 Å². The second-order valence-electron chi connectivity index (χ2n) is 5.77. The van der Waals surface area contributed by atoms with Crippen molar-refractivity contribution >= 4 is 186 Å². The Balaban J connectivity index is -0.000000185. The van der Waals surface area contributed by atoms with E-state index in [0.717, 1.165) is 9.80 Å². The van der Waals surface area contributed by atoms with Crippen molar-refractivity contribution in [3.8, 4) is 0 Å². The van der Waals surface area contributed by atoms with Crippen LogP contribution in [0, 0.1) is 0 Å². The average Bonchev–Trinajstić information content (AvgIpc) is 2.55. The molecule has 6 N–H and O–H groups in total. The molecule has 0 aromatic rings. The summed E-state index contributed by atoms with van der Waals surface area (Å²) in [6.07, 6.45) is 0. The zero-order valence-corrected chi connectivity index (χ0v) is 17.1. The first-order valence-corrected chi connectivity index (χ1v) is 9.23. The Morgan fingerprint density at radius 1 is 0.457 bits per heavy atom. The molecule has 0 bridgehead atoms. The molecule has 0 spiro atoms. The van der Waals surface area contributed by atoms with Gasteiger partial charge in [0.15, 0.2) is 8.69 Å². The van der Waals surface area contributed by atoms with Crippen LogP contribution in [0.1, 0.15) is 0 Å². The first-order chi connectivity index (χ1) is 13.9. The maximum absolute atomic E-state index is 11.0. The van der Waals surface area contributed by atoms with E-state index in [4.69, 9.17) is 35.0 Å². The van der Waals surface area contributed by atoms with E-state index in [2.05, 4.69) is 0 Å². The van der Waals surface area contributed by atoms with Crippen molar-refractivity contribution in [2.75, 3.05) is 58.9 Å². The van der Waals surface area contributed by atoms with Gasteiger partial charge in [-0.3, -0.25) is 43.2 Å². The monoisotopic (exact) mass is 579 g/mol.